The van der Waals surface area contributed by atoms with E-state index in [1.807, 2.05) is 0 Å². The minimum atomic E-state index is -1.37. The number of aromatic nitrogens is 2. The Kier molecular flexibility index (Phi) is 5.54. The number of nitrogens with zero attached hydrogens (tertiary/aromatic N) is 2. The van der Waals surface area contributed by atoms with E-state index in [-0.39, 0.29) is 13.2 Å². The van der Waals surface area contributed by atoms with E-state index in [0.29, 0.717) is 26.4 Å². The maximum Gasteiger partial charge on any atom is 0.143 e. The van der Waals surface area contributed by atoms with Crippen LogP contribution >= 0.6 is 34.8 Å². The second-order valence-electron chi connectivity index (χ2n) is 5.63. The molecule has 3 rings (SSSR count). The van der Waals surface area contributed by atoms with E-state index in [1.54, 1.807) is 65.8 Å². The maximum absolute atomic E-state index is 11.3. The molecule has 1 N–H and O–H groups in total. The minimum absolute atomic E-state index is 0.00579. The van der Waals surface area contributed by atoms with Gasteiger partial charge in [-0.05, 0) is 36.4 Å². The zero-order valence-electron chi connectivity index (χ0n) is 13.1. The molecule has 0 radical (unpaired) electrons. The molecule has 3 aromatic rings. The van der Waals surface area contributed by atoms with Crippen molar-refractivity contribution in [1.82, 2.24) is 9.55 Å². The van der Waals surface area contributed by atoms with Crippen molar-refractivity contribution < 1.29 is 9.84 Å². The third-order valence-electron chi connectivity index (χ3n) is 3.73. The molecular weight excluding hydrogens is 383 g/mol. The fraction of sp³-hybridized carbons (Fsp3) is 0.167. The number of aliphatic hydroxyl groups is 1. The monoisotopic (exact) mass is 396 g/mol. The minimum Gasteiger partial charge on any atom is -0.490 e. The molecule has 1 heterocycles. The largest absolute Gasteiger partial charge is 0.490 e. The van der Waals surface area contributed by atoms with E-state index in [1.165, 1.54) is 0 Å². The van der Waals surface area contributed by atoms with Gasteiger partial charge in [0.25, 0.3) is 0 Å². The highest BCUT2D eigenvalue weighted by Crippen LogP contribution is 2.33. The predicted molar refractivity (Wildman–Crippen MR) is 99.5 cm³/mol. The van der Waals surface area contributed by atoms with Crippen molar-refractivity contribution in [1.29, 1.82) is 0 Å². The zero-order valence-corrected chi connectivity index (χ0v) is 15.3. The number of hydrogen-bond donors (Lipinski definition) is 1. The predicted octanol–water partition coefficient (Wildman–Crippen LogP) is 4.81. The maximum atomic E-state index is 11.3. The molecule has 1 aromatic heterocycles. The second-order valence-corrected chi connectivity index (χ2v) is 6.91. The summed E-state index contributed by atoms with van der Waals surface area (Å²) in [5.74, 6) is 0.596. The Hall–Kier alpha value is -1.72. The van der Waals surface area contributed by atoms with E-state index in [9.17, 15) is 5.11 Å². The first kappa shape index (κ1) is 18.1. The molecule has 0 saturated heterocycles. The summed E-state index contributed by atoms with van der Waals surface area (Å²) in [5, 5.41) is 12.8. The molecule has 130 valence electrons. The summed E-state index contributed by atoms with van der Waals surface area (Å²) in [4.78, 5) is 4.01. The number of hydrogen-bond acceptors (Lipinski definition) is 3. The summed E-state index contributed by atoms with van der Waals surface area (Å²) in [6.45, 7) is 0.218. The number of benzene rings is 2. The normalized spacial score (nSPS) is 13.4. The van der Waals surface area contributed by atoms with E-state index in [4.69, 9.17) is 39.5 Å². The molecule has 0 aliphatic rings. The lowest BCUT2D eigenvalue weighted by Gasteiger charge is -2.30. The number of halogens is 3. The van der Waals surface area contributed by atoms with Crippen molar-refractivity contribution in [3.8, 4) is 5.75 Å². The lowest BCUT2D eigenvalue weighted by atomic mass is 9.94. The van der Waals surface area contributed by atoms with E-state index >= 15 is 0 Å². The van der Waals surface area contributed by atoms with Gasteiger partial charge >= 0.3 is 0 Å². The topological polar surface area (TPSA) is 47.3 Å². The molecule has 25 heavy (non-hydrogen) atoms. The van der Waals surface area contributed by atoms with Crippen LogP contribution in [0.2, 0.25) is 15.1 Å². The van der Waals surface area contributed by atoms with Crippen LogP contribution in [0.15, 0.2) is 61.2 Å². The molecule has 1 unspecified atom stereocenters. The van der Waals surface area contributed by atoms with Crippen molar-refractivity contribution in [3.63, 3.8) is 0 Å². The molecule has 0 saturated carbocycles. The third-order valence-corrected chi connectivity index (χ3v) is 4.53. The van der Waals surface area contributed by atoms with Crippen molar-refractivity contribution in [2.75, 3.05) is 6.61 Å². The average molecular weight is 398 g/mol. The molecule has 4 nitrogen and oxygen atoms in total. The molecule has 0 aliphatic carbocycles. The standard InChI is InChI=1S/C18H15Cl3N2O2/c19-13-1-4-15(5-2-13)25-11-18(24,10-23-8-7-22-12-23)16-6-3-14(20)9-17(16)21/h1-9,12,24H,10-11H2. The van der Waals surface area contributed by atoms with Crippen molar-refractivity contribution >= 4 is 34.8 Å². The summed E-state index contributed by atoms with van der Waals surface area (Å²) < 4.78 is 7.54. The highest BCUT2D eigenvalue weighted by Gasteiger charge is 2.33. The van der Waals surface area contributed by atoms with Crippen molar-refractivity contribution in [3.05, 3.63) is 81.8 Å². The fourth-order valence-electron chi connectivity index (χ4n) is 2.49. The van der Waals surface area contributed by atoms with Crippen molar-refractivity contribution in [2.45, 2.75) is 12.1 Å². The van der Waals surface area contributed by atoms with Crippen LogP contribution in [0.5, 0.6) is 5.75 Å². The van der Waals surface area contributed by atoms with E-state index < -0.39 is 5.60 Å². The van der Waals surface area contributed by atoms with Crippen LogP contribution in [0.1, 0.15) is 5.56 Å². The Morgan fingerprint density at radius 2 is 1.76 bits per heavy atom. The summed E-state index contributed by atoms with van der Waals surface area (Å²) in [7, 11) is 0. The van der Waals surface area contributed by atoms with Gasteiger partial charge in [0.05, 0.1) is 12.9 Å². The SMILES string of the molecule is OC(COc1ccc(Cl)cc1)(Cn1ccnc1)c1ccc(Cl)cc1Cl. The lowest BCUT2D eigenvalue weighted by molar-refractivity contribution is -0.0242. The van der Waals surface area contributed by atoms with Crippen LogP contribution in [0.4, 0.5) is 0 Å². The molecule has 0 aliphatic heterocycles. The van der Waals surface area contributed by atoms with Crippen molar-refractivity contribution in [2.24, 2.45) is 0 Å². The van der Waals surface area contributed by atoms with Crippen LogP contribution in [0.25, 0.3) is 0 Å². The number of imidazole rings is 1. The van der Waals surface area contributed by atoms with Gasteiger partial charge in [-0.3, -0.25) is 0 Å². The van der Waals surface area contributed by atoms with Gasteiger partial charge in [-0.1, -0.05) is 40.9 Å². The lowest BCUT2D eigenvalue weighted by Crippen LogP contribution is -2.38. The van der Waals surface area contributed by atoms with Gasteiger partial charge < -0.3 is 14.4 Å². The van der Waals surface area contributed by atoms with Crippen LogP contribution in [-0.4, -0.2) is 21.3 Å². The first-order chi connectivity index (χ1) is 12.0. The molecule has 0 spiro atoms. The van der Waals surface area contributed by atoms with E-state index in [2.05, 4.69) is 4.98 Å². The van der Waals surface area contributed by atoms with Crippen LogP contribution in [0.3, 0.4) is 0 Å². The Morgan fingerprint density at radius 1 is 1.04 bits per heavy atom. The van der Waals surface area contributed by atoms with Gasteiger partial charge in [0, 0.05) is 33.0 Å². The van der Waals surface area contributed by atoms with E-state index in [0.717, 1.165) is 0 Å². The smallest absolute Gasteiger partial charge is 0.143 e. The summed E-state index contributed by atoms with van der Waals surface area (Å²) >= 11 is 18.2. The molecule has 0 fully saturated rings. The number of rotatable bonds is 6. The Morgan fingerprint density at radius 3 is 2.40 bits per heavy atom. The first-order valence-corrected chi connectivity index (χ1v) is 8.62. The van der Waals surface area contributed by atoms with Gasteiger partial charge in [-0.25, -0.2) is 4.98 Å². The van der Waals surface area contributed by atoms with Crippen LogP contribution < -0.4 is 4.74 Å². The van der Waals surface area contributed by atoms with Gasteiger partial charge in [0.15, 0.2) is 0 Å². The summed E-state index contributed by atoms with van der Waals surface area (Å²) in [6.07, 6.45) is 5.03. The molecule has 7 heteroatoms. The average Bonchev–Trinajstić information content (AvgIpc) is 3.07. The summed E-state index contributed by atoms with van der Waals surface area (Å²) in [5.41, 5.74) is -0.844. The molecule has 2 aromatic carbocycles. The van der Waals surface area contributed by atoms with Gasteiger partial charge in [0.2, 0.25) is 0 Å². The zero-order chi connectivity index (χ0) is 17.9. The second kappa shape index (κ2) is 7.67. The molecule has 0 amide bonds. The quantitative estimate of drug-likeness (QED) is 0.649. The first-order valence-electron chi connectivity index (χ1n) is 7.48. The van der Waals surface area contributed by atoms with Gasteiger partial charge in [-0.15, -0.1) is 0 Å². The Balaban J connectivity index is 1.89. The Labute approximate surface area is 160 Å². The number of ether oxygens (including phenoxy) is 1. The fourth-order valence-corrected chi connectivity index (χ4v) is 3.20. The summed E-state index contributed by atoms with van der Waals surface area (Å²) in [6, 6.07) is 11.9. The molecule has 0 bridgehead atoms. The third kappa shape index (κ3) is 4.47. The van der Waals surface area contributed by atoms with Crippen LogP contribution in [-0.2, 0) is 12.1 Å². The molecule has 1 atom stereocenters. The Bertz CT molecular complexity index is 838. The highest BCUT2D eigenvalue weighted by atomic mass is 35.5. The van der Waals surface area contributed by atoms with Gasteiger partial charge in [-0.2, -0.15) is 0 Å². The van der Waals surface area contributed by atoms with Gasteiger partial charge in [0.1, 0.15) is 18.0 Å². The highest BCUT2D eigenvalue weighted by molar-refractivity contribution is 6.35. The van der Waals surface area contributed by atoms with Crippen LogP contribution in [0, 0.1) is 0 Å². The molecular formula is C18H15Cl3N2O2.